The fourth-order valence-corrected chi connectivity index (χ4v) is 5.00. The average Bonchev–Trinajstić information content (AvgIpc) is 3.09. The first-order valence-electron chi connectivity index (χ1n) is 8.15. The number of urea groups is 1. The van der Waals surface area contributed by atoms with Crippen molar-refractivity contribution in [1.29, 1.82) is 0 Å². The van der Waals surface area contributed by atoms with E-state index < -0.39 is 10.9 Å². The van der Waals surface area contributed by atoms with Crippen LogP contribution in [-0.2, 0) is 4.79 Å². The van der Waals surface area contributed by atoms with Crippen LogP contribution in [0.2, 0.25) is 0 Å². The van der Waals surface area contributed by atoms with Crippen LogP contribution in [-0.4, -0.2) is 45.1 Å². The summed E-state index contributed by atoms with van der Waals surface area (Å²) in [5, 5.41) is 22.7. The standard InChI is InChI=1S/C16H19N3O5S/c20-14(21)4-2-1-3-13-15-12(9-25-13)17-16(22)18(15)10-5-7-11(8-6-10)19(23)24/h5-8,12-13,15H,1-4,9H2,(H,17,22)(H,20,21)/t12-,13-,15-/m1/s1. The third-order valence-electron chi connectivity index (χ3n) is 4.58. The number of nitrogens with one attached hydrogen (secondary N) is 1. The molecule has 3 rings (SSSR count). The number of thioether (sulfide) groups is 1. The molecular formula is C16H19N3O5S. The third kappa shape index (κ3) is 3.71. The normalized spacial score (nSPS) is 24.9. The van der Waals surface area contributed by atoms with E-state index in [2.05, 4.69) is 5.32 Å². The summed E-state index contributed by atoms with van der Waals surface area (Å²) in [5.41, 5.74) is 0.638. The van der Waals surface area contributed by atoms with Crippen LogP contribution in [0, 0.1) is 10.1 Å². The van der Waals surface area contributed by atoms with Gasteiger partial charge in [-0.3, -0.25) is 19.8 Å². The molecule has 0 unspecified atom stereocenters. The molecule has 2 aliphatic rings. The number of amides is 2. The van der Waals surface area contributed by atoms with Crippen LogP contribution in [0.3, 0.4) is 0 Å². The third-order valence-corrected chi connectivity index (χ3v) is 6.07. The van der Waals surface area contributed by atoms with Crippen LogP contribution in [0.15, 0.2) is 24.3 Å². The molecule has 2 heterocycles. The van der Waals surface area contributed by atoms with Crippen LogP contribution in [0.1, 0.15) is 25.7 Å². The van der Waals surface area contributed by atoms with E-state index in [4.69, 9.17) is 5.11 Å². The van der Waals surface area contributed by atoms with E-state index in [9.17, 15) is 19.7 Å². The summed E-state index contributed by atoms with van der Waals surface area (Å²) in [6.45, 7) is 0. The molecule has 0 bridgehead atoms. The van der Waals surface area contributed by atoms with E-state index in [1.165, 1.54) is 12.1 Å². The topological polar surface area (TPSA) is 113 Å². The van der Waals surface area contributed by atoms with E-state index >= 15 is 0 Å². The van der Waals surface area contributed by atoms with Crippen LogP contribution < -0.4 is 10.2 Å². The summed E-state index contributed by atoms with van der Waals surface area (Å²) >= 11 is 1.79. The first-order valence-corrected chi connectivity index (χ1v) is 9.20. The molecular weight excluding hydrogens is 346 g/mol. The monoisotopic (exact) mass is 365 g/mol. The molecule has 2 fully saturated rings. The number of nitro benzene ring substituents is 1. The fraction of sp³-hybridized carbons (Fsp3) is 0.500. The van der Waals surface area contributed by atoms with E-state index in [-0.39, 0.29) is 35.5 Å². The molecule has 2 saturated heterocycles. The molecule has 0 aromatic heterocycles. The number of fused-ring (bicyclic) bond motifs is 1. The lowest BCUT2D eigenvalue weighted by Crippen LogP contribution is -2.41. The summed E-state index contributed by atoms with van der Waals surface area (Å²) < 4.78 is 0. The van der Waals surface area contributed by atoms with Gasteiger partial charge < -0.3 is 10.4 Å². The molecule has 0 saturated carbocycles. The van der Waals surface area contributed by atoms with Gasteiger partial charge in [-0.2, -0.15) is 11.8 Å². The number of carboxylic acids is 1. The van der Waals surface area contributed by atoms with Gasteiger partial charge in [-0.25, -0.2) is 4.79 Å². The number of carbonyl (C=O) groups is 2. The molecule has 1 aromatic rings. The van der Waals surface area contributed by atoms with Crippen molar-refractivity contribution in [3.05, 3.63) is 34.4 Å². The highest BCUT2D eigenvalue weighted by atomic mass is 32.2. The van der Waals surface area contributed by atoms with Gasteiger partial charge in [-0.1, -0.05) is 6.42 Å². The lowest BCUT2D eigenvalue weighted by atomic mass is 10.0. The Kier molecular flexibility index (Phi) is 5.12. The highest BCUT2D eigenvalue weighted by Gasteiger charge is 2.48. The average molecular weight is 365 g/mol. The molecule has 9 heteroatoms. The maximum absolute atomic E-state index is 12.4. The maximum Gasteiger partial charge on any atom is 0.322 e. The van der Waals surface area contributed by atoms with Crippen molar-refractivity contribution in [3.63, 3.8) is 0 Å². The number of aliphatic carboxylic acids is 1. The van der Waals surface area contributed by atoms with Gasteiger partial charge in [0.2, 0.25) is 0 Å². The van der Waals surface area contributed by atoms with Crippen molar-refractivity contribution in [2.75, 3.05) is 10.7 Å². The number of nitrogens with zero attached hydrogens (tertiary/aromatic N) is 2. The highest BCUT2D eigenvalue weighted by Crippen LogP contribution is 2.39. The van der Waals surface area contributed by atoms with Gasteiger partial charge in [0.05, 0.1) is 17.0 Å². The van der Waals surface area contributed by atoms with Crippen molar-refractivity contribution >= 4 is 35.1 Å². The SMILES string of the molecule is O=C(O)CCCC[C@H]1SC[C@H]2NC(=O)N(c3ccc([N+](=O)[O-])cc3)[C@H]21. The Balaban J connectivity index is 1.71. The number of benzene rings is 1. The molecule has 8 nitrogen and oxygen atoms in total. The zero-order valence-electron chi connectivity index (χ0n) is 13.5. The Hall–Kier alpha value is -2.29. The number of anilines is 1. The predicted octanol–water partition coefficient (Wildman–Crippen LogP) is 2.62. The van der Waals surface area contributed by atoms with E-state index in [0.29, 0.717) is 12.1 Å². The molecule has 2 amide bonds. The largest absolute Gasteiger partial charge is 0.481 e. The number of non-ortho nitro benzene ring substituents is 1. The van der Waals surface area contributed by atoms with E-state index in [1.54, 1.807) is 28.8 Å². The quantitative estimate of drug-likeness (QED) is 0.332. The summed E-state index contributed by atoms with van der Waals surface area (Å²) in [6.07, 6.45) is 2.43. The number of hydrogen-bond acceptors (Lipinski definition) is 5. The number of carboxylic acid groups (broad SMARTS) is 1. The van der Waals surface area contributed by atoms with E-state index in [1.807, 2.05) is 0 Å². The molecule has 2 N–H and O–H groups in total. The molecule has 0 aliphatic carbocycles. The smallest absolute Gasteiger partial charge is 0.322 e. The molecule has 1 aromatic carbocycles. The molecule has 0 radical (unpaired) electrons. The Morgan fingerprint density at radius 1 is 1.36 bits per heavy atom. The zero-order chi connectivity index (χ0) is 18.0. The van der Waals surface area contributed by atoms with Gasteiger partial charge in [-0.05, 0) is 25.0 Å². The first-order chi connectivity index (χ1) is 12.0. The van der Waals surface area contributed by atoms with Crippen LogP contribution >= 0.6 is 11.8 Å². The number of rotatable bonds is 7. The Labute approximate surface area is 148 Å². The number of nitro groups is 1. The minimum atomic E-state index is -0.790. The second-order valence-electron chi connectivity index (χ2n) is 6.20. The highest BCUT2D eigenvalue weighted by molar-refractivity contribution is 8.00. The summed E-state index contributed by atoms with van der Waals surface area (Å²) in [5.74, 6) is 0.0332. The predicted molar refractivity (Wildman–Crippen MR) is 94.0 cm³/mol. The molecule has 0 spiro atoms. The second-order valence-corrected chi connectivity index (χ2v) is 7.47. The summed E-state index contributed by atoms with van der Waals surface area (Å²) in [6, 6.07) is 5.87. The van der Waals surface area contributed by atoms with Crippen molar-refractivity contribution < 1.29 is 19.6 Å². The molecule has 2 aliphatic heterocycles. The minimum absolute atomic E-state index is 0.00840. The van der Waals surface area contributed by atoms with Gasteiger partial charge in [0.15, 0.2) is 0 Å². The van der Waals surface area contributed by atoms with Crippen molar-refractivity contribution in [2.45, 2.75) is 43.0 Å². The van der Waals surface area contributed by atoms with Crippen LogP contribution in [0.4, 0.5) is 16.2 Å². The lowest BCUT2D eigenvalue weighted by Gasteiger charge is -2.27. The van der Waals surface area contributed by atoms with Crippen molar-refractivity contribution in [3.8, 4) is 0 Å². The minimum Gasteiger partial charge on any atom is -0.481 e. The van der Waals surface area contributed by atoms with Crippen molar-refractivity contribution in [1.82, 2.24) is 5.32 Å². The lowest BCUT2D eigenvalue weighted by molar-refractivity contribution is -0.384. The summed E-state index contributed by atoms with van der Waals surface area (Å²) in [4.78, 5) is 35.0. The molecule has 134 valence electrons. The fourth-order valence-electron chi connectivity index (χ4n) is 3.42. The number of unbranched alkanes of at least 4 members (excludes halogenated alkanes) is 1. The molecule has 25 heavy (non-hydrogen) atoms. The van der Waals surface area contributed by atoms with Crippen LogP contribution in [0.5, 0.6) is 0 Å². The van der Waals surface area contributed by atoms with E-state index in [0.717, 1.165) is 18.6 Å². The maximum atomic E-state index is 12.4. The van der Waals surface area contributed by atoms with Gasteiger partial charge in [0.25, 0.3) is 5.69 Å². The first kappa shape index (κ1) is 17.5. The number of carbonyl (C=O) groups excluding carboxylic acids is 1. The second kappa shape index (κ2) is 7.30. The number of hydrogen-bond donors (Lipinski definition) is 2. The van der Waals surface area contributed by atoms with Gasteiger partial charge in [-0.15, -0.1) is 0 Å². The van der Waals surface area contributed by atoms with Gasteiger partial charge >= 0.3 is 12.0 Å². The van der Waals surface area contributed by atoms with Crippen molar-refractivity contribution in [2.24, 2.45) is 0 Å². The molecule has 3 atom stereocenters. The Morgan fingerprint density at radius 3 is 2.72 bits per heavy atom. The van der Waals surface area contributed by atoms with Gasteiger partial charge in [0.1, 0.15) is 0 Å². The Bertz CT molecular complexity index is 681. The zero-order valence-corrected chi connectivity index (χ0v) is 14.3. The van der Waals surface area contributed by atoms with Gasteiger partial charge in [0, 0.05) is 35.2 Å². The summed E-state index contributed by atoms with van der Waals surface area (Å²) in [7, 11) is 0. The Morgan fingerprint density at radius 2 is 2.08 bits per heavy atom. The van der Waals surface area contributed by atoms with Crippen LogP contribution in [0.25, 0.3) is 0 Å².